The zero-order chi connectivity index (χ0) is 15.4. The number of nitrogens with one attached hydrogen (secondary N) is 1. The first kappa shape index (κ1) is 15.3. The largest absolute Gasteiger partial charge is 0.453 e. The van der Waals surface area contributed by atoms with E-state index in [4.69, 9.17) is 0 Å². The lowest BCUT2D eigenvalue weighted by molar-refractivity contribution is -0.121. The Morgan fingerprint density at radius 3 is 2.86 bits per heavy atom. The highest BCUT2D eigenvalue weighted by Crippen LogP contribution is 2.20. The molecule has 2 amide bonds. The Kier molecular flexibility index (Phi) is 4.77. The summed E-state index contributed by atoms with van der Waals surface area (Å²) in [5.74, 6) is -0.860. The predicted molar refractivity (Wildman–Crippen MR) is 76.5 cm³/mol. The minimum atomic E-state index is -0.422. The maximum atomic E-state index is 13.5. The van der Waals surface area contributed by atoms with Crippen LogP contribution < -0.4 is 5.32 Å². The summed E-state index contributed by atoms with van der Waals surface area (Å²) in [7, 11) is 1.32. The molecular formula is C15H19FN2O3. The number of amides is 2. The van der Waals surface area contributed by atoms with Crippen molar-refractivity contribution in [2.75, 3.05) is 25.5 Å². The van der Waals surface area contributed by atoms with Crippen molar-refractivity contribution in [2.45, 2.75) is 19.8 Å². The second kappa shape index (κ2) is 6.56. The average Bonchev–Trinajstić information content (AvgIpc) is 2.50. The van der Waals surface area contributed by atoms with Crippen LogP contribution in [0.3, 0.4) is 0 Å². The number of benzene rings is 1. The van der Waals surface area contributed by atoms with Crippen LogP contribution in [0.15, 0.2) is 18.2 Å². The van der Waals surface area contributed by atoms with Crippen molar-refractivity contribution in [1.29, 1.82) is 0 Å². The summed E-state index contributed by atoms with van der Waals surface area (Å²) in [4.78, 5) is 25.2. The smallest absolute Gasteiger partial charge is 0.409 e. The number of ether oxygens (including phenoxy) is 1. The number of halogens is 1. The molecule has 1 unspecified atom stereocenters. The van der Waals surface area contributed by atoms with Gasteiger partial charge in [0.15, 0.2) is 0 Å². The number of hydrogen-bond acceptors (Lipinski definition) is 3. The second-order valence-corrected chi connectivity index (χ2v) is 5.21. The molecule has 1 aromatic rings. The number of likely N-dealkylation sites (tertiary alicyclic amines) is 1. The maximum Gasteiger partial charge on any atom is 0.409 e. The number of anilines is 1. The Balaban J connectivity index is 1.99. The van der Waals surface area contributed by atoms with Crippen LogP contribution in [0.2, 0.25) is 0 Å². The lowest BCUT2D eigenvalue weighted by Crippen LogP contribution is -2.43. The topological polar surface area (TPSA) is 58.6 Å². The molecule has 2 rings (SSSR count). The van der Waals surface area contributed by atoms with E-state index in [1.54, 1.807) is 19.1 Å². The molecule has 0 bridgehead atoms. The van der Waals surface area contributed by atoms with E-state index in [1.807, 2.05) is 0 Å². The SMILES string of the molecule is COC(=O)N1CCCC(C(=O)Nc2ccc(C)c(F)c2)C1. The van der Waals surface area contributed by atoms with E-state index >= 15 is 0 Å². The highest BCUT2D eigenvalue weighted by Gasteiger charge is 2.28. The first-order chi connectivity index (χ1) is 10.0. The molecular weight excluding hydrogens is 275 g/mol. The second-order valence-electron chi connectivity index (χ2n) is 5.21. The first-order valence-corrected chi connectivity index (χ1v) is 6.91. The molecule has 1 saturated heterocycles. The van der Waals surface area contributed by atoms with Gasteiger partial charge in [0.05, 0.1) is 13.0 Å². The van der Waals surface area contributed by atoms with Crippen LogP contribution in [-0.4, -0.2) is 37.1 Å². The van der Waals surface area contributed by atoms with E-state index < -0.39 is 6.09 Å². The molecule has 0 radical (unpaired) electrons. The van der Waals surface area contributed by atoms with Gasteiger partial charge < -0.3 is 15.0 Å². The van der Waals surface area contributed by atoms with Gasteiger partial charge in [0, 0.05) is 18.8 Å². The Hall–Kier alpha value is -2.11. The number of aryl methyl sites for hydroxylation is 1. The number of rotatable bonds is 2. The normalized spacial score (nSPS) is 18.2. The van der Waals surface area contributed by atoms with Crippen LogP contribution in [0, 0.1) is 18.7 Å². The molecule has 21 heavy (non-hydrogen) atoms. The summed E-state index contributed by atoms with van der Waals surface area (Å²) in [6.07, 6.45) is 1.03. The van der Waals surface area contributed by atoms with E-state index in [9.17, 15) is 14.0 Å². The van der Waals surface area contributed by atoms with Gasteiger partial charge in [-0.2, -0.15) is 0 Å². The Morgan fingerprint density at radius 1 is 1.43 bits per heavy atom. The van der Waals surface area contributed by atoms with Crippen molar-refractivity contribution in [2.24, 2.45) is 5.92 Å². The Labute approximate surface area is 123 Å². The highest BCUT2D eigenvalue weighted by atomic mass is 19.1. The first-order valence-electron chi connectivity index (χ1n) is 6.91. The van der Waals surface area contributed by atoms with Gasteiger partial charge in [-0.3, -0.25) is 4.79 Å². The third-order valence-corrected chi connectivity index (χ3v) is 3.66. The molecule has 5 nitrogen and oxygen atoms in total. The Morgan fingerprint density at radius 2 is 2.19 bits per heavy atom. The summed E-state index contributed by atoms with van der Waals surface area (Å²) in [5, 5.41) is 2.70. The molecule has 1 aliphatic rings. The summed E-state index contributed by atoms with van der Waals surface area (Å²) < 4.78 is 18.1. The van der Waals surface area contributed by atoms with Crippen LogP contribution in [0.25, 0.3) is 0 Å². The van der Waals surface area contributed by atoms with Crippen LogP contribution in [0.5, 0.6) is 0 Å². The molecule has 1 aliphatic heterocycles. The Bertz CT molecular complexity index is 548. The summed E-state index contributed by atoms with van der Waals surface area (Å²) >= 11 is 0. The van der Waals surface area contributed by atoms with Crippen molar-refractivity contribution in [1.82, 2.24) is 4.90 Å². The van der Waals surface area contributed by atoms with Crippen LogP contribution >= 0.6 is 0 Å². The van der Waals surface area contributed by atoms with E-state index in [-0.39, 0.29) is 17.6 Å². The van der Waals surface area contributed by atoms with Crippen molar-refractivity contribution >= 4 is 17.7 Å². The van der Waals surface area contributed by atoms with Crippen LogP contribution in [-0.2, 0) is 9.53 Å². The number of nitrogens with zero attached hydrogens (tertiary/aromatic N) is 1. The molecule has 1 aromatic carbocycles. The van der Waals surface area contributed by atoms with Gasteiger partial charge >= 0.3 is 6.09 Å². The number of piperidine rings is 1. The van der Waals surface area contributed by atoms with E-state index in [0.717, 1.165) is 6.42 Å². The van der Waals surface area contributed by atoms with Crippen molar-refractivity contribution < 1.29 is 18.7 Å². The maximum absolute atomic E-state index is 13.5. The van der Waals surface area contributed by atoms with Crippen molar-refractivity contribution in [3.63, 3.8) is 0 Å². The van der Waals surface area contributed by atoms with Crippen LogP contribution in [0.4, 0.5) is 14.9 Å². The summed E-state index contributed by atoms with van der Waals surface area (Å²) in [6.45, 7) is 2.58. The molecule has 0 aromatic heterocycles. The van der Waals surface area contributed by atoms with Gasteiger partial charge in [0.1, 0.15) is 5.82 Å². The quantitative estimate of drug-likeness (QED) is 0.912. The minimum Gasteiger partial charge on any atom is -0.453 e. The standard InChI is InChI=1S/C15H19FN2O3/c1-10-5-6-12(8-13(10)16)17-14(19)11-4-3-7-18(9-11)15(20)21-2/h5-6,8,11H,3-4,7,9H2,1-2H3,(H,17,19). The van der Waals surface area contributed by atoms with Crippen molar-refractivity contribution in [3.8, 4) is 0 Å². The van der Waals surface area contributed by atoms with Gasteiger partial charge in [0.25, 0.3) is 0 Å². The van der Waals surface area contributed by atoms with E-state index in [1.165, 1.54) is 18.1 Å². The molecule has 114 valence electrons. The number of methoxy groups -OCH3 is 1. The van der Waals surface area contributed by atoms with Crippen molar-refractivity contribution in [3.05, 3.63) is 29.6 Å². The van der Waals surface area contributed by atoms with Gasteiger partial charge in [-0.1, -0.05) is 6.07 Å². The number of carbonyl (C=O) groups excluding carboxylic acids is 2. The lowest BCUT2D eigenvalue weighted by Gasteiger charge is -2.30. The third-order valence-electron chi connectivity index (χ3n) is 3.66. The fourth-order valence-electron chi connectivity index (χ4n) is 2.40. The predicted octanol–water partition coefficient (Wildman–Crippen LogP) is 2.55. The molecule has 1 atom stereocenters. The zero-order valence-corrected chi connectivity index (χ0v) is 12.2. The number of carbonyl (C=O) groups is 2. The fourth-order valence-corrected chi connectivity index (χ4v) is 2.40. The molecule has 1 heterocycles. The molecule has 0 spiro atoms. The monoisotopic (exact) mass is 294 g/mol. The third kappa shape index (κ3) is 3.71. The highest BCUT2D eigenvalue weighted by molar-refractivity contribution is 5.93. The zero-order valence-electron chi connectivity index (χ0n) is 12.2. The molecule has 0 saturated carbocycles. The molecule has 0 aliphatic carbocycles. The van der Waals surface area contributed by atoms with Gasteiger partial charge in [-0.05, 0) is 37.5 Å². The van der Waals surface area contributed by atoms with Crippen LogP contribution in [0.1, 0.15) is 18.4 Å². The number of hydrogen-bond donors (Lipinski definition) is 1. The molecule has 1 N–H and O–H groups in total. The lowest BCUT2D eigenvalue weighted by atomic mass is 9.97. The molecule has 6 heteroatoms. The van der Waals surface area contributed by atoms with E-state index in [2.05, 4.69) is 10.1 Å². The van der Waals surface area contributed by atoms with E-state index in [0.29, 0.717) is 30.8 Å². The van der Waals surface area contributed by atoms with Gasteiger partial charge in [0.2, 0.25) is 5.91 Å². The van der Waals surface area contributed by atoms with Gasteiger partial charge in [-0.15, -0.1) is 0 Å². The minimum absolute atomic E-state index is 0.202. The fraction of sp³-hybridized carbons (Fsp3) is 0.467. The average molecular weight is 294 g/mol. The molecule has 1 fully saturated rings. The van der Waals surface area contributed by atoms with Gasteiger partial charge in [-0.25, -0.2) is 9.18 Å². The summed E-state index contributed by atoms with van der Waals surface area (Å²) in [5.41, 5.74) is 0.959. The summed E-state index contributed by atoms with van der Waals surface area (Å²) in [6, 6.07) is 4.58.